The van der Waals surface area contributed by atoms with Crippen molar-refractivity contribution in [2.24, 2.45) is 0 Å². The molecule has 0 aliphatic carbocycles. The summed E-state index contributed by atoms with van der Waals surface area (Å²) in [6.07, 6.45) is -16.9. The minimum Gasteiger partial charge on any atom is -1.00 e. The summed E-state index contributed by atoms with van der Waals surface area (Å²) >= 11 is 0. The maximum absolute atomic E-state index is 10.7. The predicted octanol–water partition coefficient (Wildman–Crippen LogP) is -8.55. The first-order valence-electron chi connectivity index (χ1n) is 6.99. The van der Waals surface area contributed by atoms with Gasteiger partial charge >= 0.3 is 35.5 Å². The molecule has 0 aromatic rings. The number of aliphatic carboxylic acids is 1. The SMILES string of the molecule is O=C(O)[C@H](O)[C@@H](O)[C@H](O[C@@H]1O[C@H](CO)[C@H](O)[C@H](O)[C@H]1O)[C@H](O)CO.[H-].[Na+]. The van der Waals surface area contributed by atoms with Crippen LogP contribution in [0.2, 0.25) is 0 Å². The third-order valence-electron chi connectivity index (χ3n) is 3.62. The summed E-state index contributed by atoms with van der Waals surface area (Å²) < 4.78 is 9.98. The van der Waals surface area contributed by atoms with Crippen molar-refractivity contribution in [3.05, 3.63) is 0 Å². The van der Waals surface area contributed by atoms with Crippen LogP contribution in [0.25, 0.3) is 0 Å². The Morgan fingerprint density at radius 1 is 1.08 bits per heavy atom. The van der Waals surface area contributed by atoms with E-state index in [0.29, 0.717) is 0 Å². The summed E-state index contributed by atoms with van der Waals surface area (Å²) in [5, 5.41) is 84.5. The number of hydrogen-bond donors (Lipinski definition) is 9. The van der Waals surface area contributed by atoms with Crippen molar-refractivity contribution < 1.29 is 91.2 Å². The van der Waals surface area contributed by atoms with Gasteiger partial charge in [0, 0.05) is 0 Å². The van der Waals surface area contributed by atoms with Crippen molar-refractivity contribution in [2.75, 3.05) is 13.2 Å². The molecule has 9 atom stereocenters. The van der Waals surface area contributed by atoms with E-state index in [4.69, 9.17) is 24.8 Å². The molecule has 13 heteroatoms. The van der Waals surface area contributed by atoms with Crippen LogP contribution in [0.5, 0.6) is 0 Å². The van der Waals surface area contributed by atoms with Crippen LogP contribution >= 0.6 is 0 Å². The van der Waals surface area contributed by atoms with E-state index in [-0.39, 0.29) is 31.0 Å². The quantitative estimate of drug-likeness (QED) is 0.179. The number of ether oxygens (including phenoxy) is 2. The first-order valence-corrected chi connectivity index (χ1v) is 6.99. The van der Waals surface area contributed by atoms with Crippen molar-refractivity contribution >= 4 is 5.97 Å². The maximum atomic E-state index is 10.7. The molecule has 0 unspecified atom stereocenters. The van der Waals surface area contributed by atoms with Crippen molar-refractivity contribution in [1.82, 2.24) is 0 Å². The van der Waals surface area contributed by atoms with Crippen molar-refractivity contribution in [1.29, 1.82) is 0 Å². The summed E-state index contributed by atoms with van der Waals surface area (Å²) in [5.74, 6) is -1.84. The van der Waals surface area contributed by atoms with E-state index in [0.717, 1.165) is 0 Å². The smallest absolute Gasteiger partial charge is 1.00 e. The average Bonchev–Trinajstić information content (AvgIpc) is 2.57. The molecule has 1 rings (SSSR count). The minimum atomic E-state index is -2.39. The molecule has 0 saturated carbocycles. The summed E-state index contributed by atoms with van der Waals surface area (Å²) in [6, 6.07) is 0. The molecule has 1 aliphatic heterocycles. The van der Waals surface area contributed by atoms with Crippen LogP contribution < -0.4 is 29.6 Å². The van der Waals surface area contributed by atoms with Crippen LogP contribution in [-0.2, 0) is 14.3 Å². The number of aliphatic hydroxyl groups is 8. The van der Waals surface area contributed by atoms with Gasteiger partial charge in [0.25, 0.3) is 0 Å². The summed E-state index contributed by atoms with van der Waals surface area (Å²) in [7, 11) is 0. The fourth-order valence-electron chi connectivity index (χ4n) is 2.16. The Labute approximate surface area is 165 Å². The first kappa shape index (κ1) is 25.1. The van der Waals surface area contributed by atoms with Gasteiger partial charge in [0.1, 0.15) is 42.7 Å². The van der Waals surface area contributed by atoms with E-state index in [1.807, 2.05) is 0 Å². The molecule has 1 fully saturated rings. The number of hydrogen-bond acceptors (Lipinski definition) is 11. The Balaban J connectivity index is 0. The molecule has 12 nitrogen and oxygen atoms in total. The van der Waals surface area contributed by atoms with Gasteiger partial charge in [-0.25, -0.2) is 4.79 Å². The van der Waals surface area contributed by atoms with Gasteiger partial charge in [-0.1, -0.05) is 0 Å². The Morgan fingerprint density at radius 3 is 2.08 bits per heavy atom. The van der Waals surface area contributed by atoms with E-state index in [2.05, 4.69) is 0 Å². The summed E-state index contributed by atoms with van der Waals surface area (Å²) in [6.45, 7) is -1.76. The second kappa shape index (κ2) is 11.0. The van der Waals surface area contributed by atoms with E-state index < -0.39 is 74.3 Å². The molecule has 9 N–H and O–H groups in total. The van der Waals surface area contributed by atoms with Crippen molar-refractivity contribution in [3.63, 3.8) is 0 Å². The van der Waals surface area contributed by atoms with Gasteiger partial charge in [0.2, 0.25) is 0 Å². The van der Waals surface area contributed by atoms with Crippen LogP contribution in [0.4, 0.5) is 0 Å². The second-order valence-electron chi connectivity index (χ2n) is 5.32. The molecular weight excluding hydrogens is 359 g/mol. The molecule has 1 aliphatic rings. The number of carbonyl (C=O) groups is 1. The zero-order chi connectivity index (χ0) is 18.6. The molecule has 0 amide bonds. The van der Waals surface area contributed by atoms with Gasteiger partial charge in [-0.05, 0) is 0 Å². The topological polar surface area (TPSA) is 218 Å². The van der Waals surface area contributed by atoms with Crippen molar-refractivity contribution in [2.45, 2.75) is 55.1 Å². The van der Waals surface area contributed by atoms with Gasteiger partial charge in [0.05, 0.1) is 13.2 Å². The van der Waals surface area contributed by atoms with Crippen LogP contribution in [0.1, 0.15) is 1.43 Å². The molecule has 0 radical (unpaired) electrons. The van der Waals surface area contributed by atoms with Crippen LogP contribution in [0, 0.1) is 0 Å². The second-order valence-corrected chi connectivity index (χ2v) is 5.32. The normalized spacial score (nSPS) is 34.5. The Morgan fingerprint density at radius 2 is 1.64 bits per heavy atom. The zero-order valence-electron chi connectivity index (χ0n) is 14.4. The Bertz CT molecular complexity index is 416. The van der Waals surface area contributed by atoms with E-state index >= 15 is 0 Å². The monoisotopic (exact) mass is 382 g/mol. The third-order valence-corrected chi connectivity index (χ3v) is 3.62. The molecule has 144 valence electrons. The molecule has 0 aromatic heterocycles. The molecule has 0 aromatic carbocycles. The fourth-order valence-corrected chi connectivity index (χ4v) is 2.16. The molecule has 25 heavy (non-hydrogen) atoms. The molecule has 0 bridgehead atoms. The number of aliphatic hydroxyl groups excluding tert-OH is 8. The van der Waals surface area contributed by atoms with Gasteiger partial charge in [0.15, 0.2) is 12.4 Å². The fraction of sp³-hybridized carbons (Fsp3) is 0.917. The van der Waals surface area contributed by atoms with Gasteiger partial charge in [-0.2, -0.15) is 0 Å². The number of rotatable bonds is 8. The number of carboxylic acids is 1. The van der Waals surface area contributed by atoms with Crippen molar-refractivity contribution in [3.8, 4) is 0 Å². The summed E-state index contributed by atoms with van der Waals surface area (Å²) in [4.78, 5) is 10.7. The zero-order valence-corrected chi connectivity index (χ0v) is 15.4. The van der Waals surface area contributed by atoms with E-state index in [9.17, 15) is 35.4 Å². The molecule has 1 saturated heterocycles. The predicted molar refractivity (Wildman–Crippen MR) is 72.5 cm³/mol. The third kappa shape index (κ3) is 6.04. The van der Waals surface area contributed by atoms with E-state index in [1.165, 1.54) is 0 Å². The standard InChI is InChI=1S/C12H22O12.Na.H/c13-1-3(15)10(7(18)8(19)11(21)22)24-12-9(20)6(17)5(16)4(2-14)23-12;;/h3-10,12-20H,1-2H2,(H,21,22);;/q;+1;-1/t3-,4-,5+,6+,7-,8-,9-,10-,12+;;/m1../s1. The summed E-state index contributed by atoms with van der Waals surface area (Å²) in [5.41, 5.74) is 0. The number of carboxylic acid groups (broad SMARTS) is 1. The van der Waals surface area contributed by atoms with E-state index in [1.54, 1.807) is 0 Å². The van der Waals surface area contributed by atoms with Crippen LogP contribution in [-0.4, -0.2) is 120 Å². The maximum Gasteiger partial charge on any atom is 1.00 e. The largest absolute Gasteiger partial charge is 1.00 e. The molecule has 1 heterocycles. The van der Waals surface area contributed by atoms with Gasteiger partial charge < -0.3 is 56.9 Å². The van der Waals surface area contributed by atoms with Gasteiger partial charge in [-0.15, -0.1) is 0 Å². The first-order chi connectivity index (χ1) is 11.1. The van der Waals surface area contributed by atoms with Gasteiger partial charge in [-0.3, -0.25) is 0 Å². The molecular formula is C12H23NaO12. The Hall–Kier alpha value is 0.0700. The van der Waals surface area contributed by atoms with Crippen LogP contribution in [0.15, 0.2) is 0 Å². The Kier molecular flexibility index (Phi) is 11.1. The average molecular weight is 382 g/mol. The van der Waals surface area contributed by atoms with Crippen LogP contribution in [0.3, 0.4) is 0 Å². The molecule has 0 spiro atoms. The minimum absolute atomic E-state index is 0.